The molecule has 7 heteroatoms. The molecule has 2 heterocycles. The van der Waals surface area contributed by atoms with Crippen LogP contribution in [0.1, 0.15) is 20.7 Å². The van der Waals surface area contributed by atoms with E-state index in [9.17, 15) is 14.4 Å². The number of aromatic nitrogens is 1. The number of hydrogen-bond acceptors (Lipinski definition) is 4. The van der Waals surface area contributed by atoms with Crippen LogP contribution in [0.4, 0.5) is 0 Å². The molecule has 0 aliphatic heterocycles. The van der Waals surface area contributed by atoms with Gasteiger partial charge in [-0.15, -0.1) is 0 Å². The molecule has 0 fully saturated rings. The highest BCUT2D eigenvalue weighted by atomic mass is 79.9. The van der Waals surface area contributed by atoms with Gasteiger partial charge in [-0.25, -0.2) is 4.79 Å². The molecule has 0 aliphatic rings. The monoisotopic (exact) mass is 387 g/mol. The van der Waals surface area contributed by atoms with Crippen LogP contribution < -0.4 is 15.9 Å². The lowest BCUT2D eigenvalue weighted by Gasteiger charge is -2.01. The maximum atomic E-state index is 12.4. The summed E-state index contributed by atoms with van der Waals surface area (Å²) in [6.45, 7) is -0.106. The van der Waals surface area contributed by atoms with E-state index < -0.39 is 17.3 Å². The van der Waals surface area contributed by atoms with E-state index in [0.29, 0.717) is 11.0 Å². The third-order valence-electron chi connectivity index (χ3n) is 3.46. The van der Waals surface area contributed by atoms with Crippen molar-refractivity contribution in [3.63, 3.8) is 0 Å². The SMILES string of the molecule is NC(=O)c1ccc[n+](CC(=O)c2cc3cc(Br)ccc3oc2=O)c1. The Kier molecular flexibility index (Phi) is 4.26. The minimum Gasteiger partial charge on any atom is -0.422 e. The number of hydrogen-bond donors (Lipinski definition) is 1. The summed E-state index contributed by atoms with van der Waals surface area (Å²) in [5, 5.41) is 0.642. The van der Waals surface area contributed by atoms with Gasteiger partial charge in [-0.3, -0.25) is 9.59 Å². The summed E-state index contributed by atoms with van der Waals surface area (Å²) in [6.07, 6.45) is 3.07. The van der Waals surface area contributed by atoms with Crippen LogP contribution in [0.15, 0.2) is 62.5 Å². The highest BCUT2D eigenvalue weighted by molar-refractivity contribution is 9.10. The summed E-state index contributed by atoms with van der Waals surface area (Å²) in [4.78, 5) is 35.7. The molecule has 0 aliphatic carbocycles. The first-order valence-electron chi connectivity index (χ1n) is 6.99. The Morgan fingerprint density at radius 3 is 2.75 bits per heavy atom. The van der Waals surface area contributed by atoms with Gasteiger partial charge in [-0.2, -0.15) is 4.57 Å². The fraction of sp³-hybridized carbons (Fsp3) is 0.0588. The van der Waals surface area contributed by atoms with E-state index in [1.54, 1.807) is 36.5 Å². The zero-order valence-electron chi connectivity index (χ0n) is 12.4. The molecular weight excluding hydrogens is 376 g/mol. The van der Waals surface area contributed by atoms with Gasteiger partial charge in [0.15, 0.2) is 12.4 Å². The van der Waals surface area contributed by atoms with Crippen LogP contribution in [0, 0.1) is 0 Å². The van der Waals surface area contributed by atoms with Crippen molar-refractivity contribution in [2.75, 3.05) is 0 Å². The fourth-order valence-electron chi connectivity index (χ4n) is 2.31. The lowest BCUT2D eigenvalue weighted by molar-refractivity contribution is -0.683. The minimum atomic E-state index is -0.693. The molecule has 120 valence electrons. The van der Waals surface area contributed by atoms with Crippen molar-refractivity contribution in [3.05, 3.63) is 74.8 Å². The van der Waals surface area contributed by atoms with Gasteiger partial charge in [0.25, 0.3) is 5.91 Å². The molecule has 3 aromatic rings. The molecule has 24 heavy (non-hydrogen) atoms. The molecule has 1 amide bonds. The molecule has 2 aromatic heterocycles. The van der Waals surface area contributed by atoms with E-state index in [0.717, 1.165) is 4.47 Å². The zero-order chi connectivity index (χ0) is 17.3. The number of ketones is 1. The maximum Gasteiger partial charge on any atom is 0.347 e. The predicted octanol–water partition coefficient (Wildman–Crippen LogP) is 1.82. The number of amides is 1. The lowest BCUT2D eigenvalue weighted by atomic mass is 10.1. The highest BCUT2D eigenvalue weighted by Crippen LogP contribution is 2.19. The van der Waals surface area contributed by atoms with Crippen LogP contribution in [0.5, 0.6) is 0 Å². The second-order valence-electron chi connectivity index (χ2n) is 5.18. The number of fused-ring (bicyclic) bond motifs is 1. The Hall–Kier alpha value is -2.80. The Balaban J connectivity index is 1.96. The molecule has 0 unspecified atom stereocenters. The normalized spacial score (nSPS) is 10.7. The molecule has 0 saturated heterocycles. The quantitative estimate of drug-likeness (QED) is 0.419. The summed E-state index contributed by atoms with van der Waals surface area (Å²) in [5.41, 5.74) is 5.16. The molecule has 3 rings (SSSR count). The lowest BCUT2D eigenvalue weighted by Crippen LogP contribution is -2.39. The van der Waals surface area contributed by atoms with E-state index in [1.807, 2.05) is 0 Å². The summed E-state index contributed by atoms with van der Waals surface area (Å²) in [5.74, 6) is -1.01. The molecular formula is C17H12BrN2O4+. The van der Waals surface area contributed by atoms with E-state index in [2.05, 4.69) is 15.9 Å². The summed E-state index contributed by atoms with van der Waals surface area (Å²) in [6, 6.07) is 9.82. The second kappa shape index (κ2) is 6.37. The molecule has 0 saturated carbocycles. The third kappa shape index (κ3) is 3.26. The van der Waals surface area contributed by atoms with Crippen molar-refractivity contribution >= 4 is 38.6 Å². The first kappa shape index (κ1) is 16.1. The largest absolute Gasteiger partial charge is 0.422 e. The number of rotatable bonds is 4. The third-order valence-corrected chi connectivity index (χ3v) is 3.96. The van der Waals surface area contributed by atoms with Crippen molar-refractivity contribution < 1.29 is 18.6 Å². The van der Waals surface area contributed by atoms with Crippen LogP contribution in [0.25, 0.3) is 11.0 Å². The minimum absolute atomic E-state index is 0.0439. The number of carbonyl (C=O) groups excluding carboxylic acids is 2. The average molecular weight is 388 g/mol. The first-order valence-corrected chi connectivity index (χ1v) is 7.79. The molecule has 0 radical (unpaired) electrons. The summed E-state index contributed by atoms with van der Waals surface area (Å²) >= 11 is 3.34. The van der Waals surface area contributed by atoms with Gasteiger partial charge in [-0.1, -0.05) is 15.9 Å². The molecule has 0 bridgehead atoms. The first-order chi connectivity index (χ1) is 11.4. The number of Topliss-reactive ketones (excluding diaryl/α,β-unsaturated/α-hetero) is 1. The second-order valence-corrected chi connectivity index (χ2v) is 6.10. The van der Waals surface area contributed by atoms with Gasteiger partial charge >= 0.3 is 5.63 Å². The Labute approximate surface area is 144 Å². The van der Waals surface area contributed by atoms with Crippen molar-refractivity contribution in [3.8, 4) is 0 Å². The Morgan fingerprint density at radius 1 is 1.21 bits per heavy atom. The topological polar surface area (TPSA) is 94.2 Å². The van der Waals surface area contributed by atoms with E-state index in [1.165, 1.54) is 16.8 Å². The fourth-order valence-corrected chi connectivity index (χ4v) is 2.68. The molecule has 0 spiro atoms. The van der Waals surface area contributed by atoms with E-state index in [-0.39, 0.29) is 17.7 Å². The average Bonchev–Trinajstić information content (AvgIpc) is 2.54. The number of primary amides is 1. The van der Waals surface area contributed by atoms with Crippen LogP contribution >= 0.6 is 15.9 Å². The van der Waals surface area contributed by atoms with Crippen molar-refractivity contribution in [1.29, 1.82) is 0 Å². The summed E-state index contributed by atoms with van der Waals surface area (Å²) < 4.78 is 7.49. The van der Waals surface area contributed by atoms with Gasteiger partial charge < -0.3 is 10.2 Å². The van der Waals surface area contributed by atoms with Gasteiger partial charge in [0.2, 0.25) is 12.3 Å². The van der Waals surface area contributed by atoms with Crippen molar-refractivity contribution in [2.24, 2.45) is 5.73 Å². The van der Waals surface area contributed by atoms with Crippen LogP contribution in [0.2, 0.25) is 0 Å². The molecule has 2 N–H and O–H groups in total. The van der Waals surface area contributed by atoms with Crippen LogP contribution in [0.3, 0.4) is 0 Å². The Bertz CT molecular complexity index is 1030. The van der Waals surface area contributed by atoms with Crippen molar-refractivity contribution in [2.45, 2.75) is 6.54 Å². The predicted molar refractivity (Wildman–Crippen MR) is 89.7 cm³/mol. The molecule has 6 nitrogen and oxygen atoms in total. The highest BCUT2D eigenvalue weighted by Gasteiger charge is 2.19. The number of halogens is 1. The Morgan fingerprint density at radius 2 is 2.00 bits per heavy atom. The van der Waals surface area contributed by atoms with Gasteiger partial charge in [-0.05, 0) is 30.3 Å². The number of carbonyl (C=O) groups is 2. The number of pyridine rings is 1. The number of benzene rings is 1. The summed E-state index contributed by atoms with van der Waals surface area (Å²) in [7, 11) is 0. The standard InChI is InChI=1S/C17H11BrN2O4/c18-12-3-4-15-11(6-12)7-13(17(23)24-15)14(21)9-20-5-1-2-10(8-20)16(19)22/h1-8H,9H2,(H-,19,22)/p+1. The number of nitrogens with zero attached hydrogens (tertiary/aromatic N) is 1. The van der Waals surface area contributed by atoms with E-state index >= 15 is 0 Å². The van der Waals surface area contributed by atoms with Crippen LogP contribution in [-0.2, 0) is 6.54 Å². The molecule has 1 aromatic carbocycles. The zero-order valence-corrected chi connectivity index (χ0v) is 13.9. The van der Waals surface area contributed by atoms with Crippen LogP contribution in [-0.4, -0.2) is 11.7 Å². The molecule has 0 atom stereocenters. The van der Waals surface area contributed by atoms with Crippen molar-refractivity contribution in [1.82, 2.24) is 0 Å². The van der Waals surface area contributed by atoms with E-state index in [4.69, 9.17) is 10.2 Å². The van der Waals surface area contributed by atoms with Gasteiger partial charge in [0.1, 0.15) is 16.7 Å². The van der Waals surface area contributed by atoms with Gasteiger partial charge in [0, 0.05) is 15.9 Å². The van der Waals surface area contributed by atoms with Gasteiger partial charge in [0.05, 0.1) is 0 Å². The smallest absolute Gasteiger partial charge is 0.347 e. The maximum absolute atomic E-state index is 12.4. The number of nitrogens with two attached hydrogens (primary N) is 1.